The molecule has 1 aromatic heterocycles. The van der Waals surface area contributed by atoms with Gasteiger partial charge in [-0.3, -0.25) is 4.90 Å². The van der Waals surface area contributed by atoms with Crippen molar-refractivity contribution in [3.63, 3.8) is 0 Å². The summed E-state index contributed by atoms with van der Waals surface area (Å²) in [4.78, 5) is 6.64. The minimum atomic E-state index is 0.691. The maximum absolute atomic E-state index is 5.60. The third kappa shape index (κ3) is 3.47. The molecule has 4 heteroatoms. The number of morpholine rings is 1. The van der Waals surface area contributed by atoms with E-state index in [2.05, 4.69) is 9.88 Å². The van der Waals surface area contributed by atoms with E-state index in [0.717, 1.165) is 38.5 Å². The molecule has 16 heavy (non-hydrogen) atoms. The molecule has 0 spiro atoms. The number of hydrogen-bond acceptors (Lipinski definition) is 4. The Kier molecular flexibility index (Phi) is 4.13. The molecule has 88 valence electrons. The second-order valence-corrected chi connectivity index (χ2v) is 3.92. The van der Waals surface area contributed by atoms with E-state index >= 15 is 0 Å². The lowest BCUT2D eigenvalue weighted by atomic mass is 10.4. The quantitative estimate of drug-likeness (QED) is 0.764. The first kappa shape index (κ1) is 11.4. The van der Waals surface area contributed by atoms with Crippen molar-refractivity contribution in [3.8, 4) is 5.88 Å². The molecule has 0 aromatic carbocycles. The van der Waals surface area contributed by atoms with Crippen LogP contribution in [0.1, 0.15) is 5.69 Å². The average Bonchev–Trinajstić information content (AvgIpc) is 2.30. The minimum Gasteiger partial charge on any atom is -0.476 e. The van der Waals surface area contributed by atoms with Crippen LogP contribution in [0.2, 0.25) is 0 Å². The highest BCUT2D eigenvalue weighted by atomic mass is 16.5. The van der Waals surface area contributed by atoms with Gasteiger partial charge in [-0.25, -0.2) is 4.98 Å². The molecule has 1 aliphatic heterocycles. The van der Waals surface area contributed by atoms with Crippen molar-refractivity contribution < 1.29 is 9.47 Å². The highest BCUT2D eigenvalue weighted by Gasteiger charge is 2.09. The number of nitrogens with zero attached hydrogens (tertiary/aromatic N) is 2. The predicted molar refractivity (Wildman–Crippen MR) is 61.7 cm³/mol. The molecule has 1 aromatic rings. The molecule has 0 N–H and O–H groups in total. The smallest absolute Gasteiger partial charge is 0.213 e. The van der Waals surface area contributed by atoms with Crippen LogP contribution in [-0.2, 0) is 4.74 Å². The molecule has 1 saturated heterocycles. The van der Waals surface area contributed by atoms with E-state index in [0.29, 0.717) is 12.5 Å². The molecule has 4 nitrogen and oxygen atoms in total. The molecule has 0 amide bonds. The Morgan fingerprint density at radius 3 is 2.94 bits per heavy atom. The molecule has 2 rings (SSSR count). The standard InChI is InChI=1S/C12H18N2O2/c1-11-3-2-4-12(13-11)16-10-7-14-5-8-15-9-6-14/h2-4H,5-10H2,1H3. The van der Waals surface area contributed by atoms with Gasteiger partial charge in [0.05, 0.1) is 13.2 Å². The summed E-state index contributed by atoms with van der Waals surface area (Å²) in [7, 11) is 0. The van der Waals surface area contributed by atoms with Crippen LogP contribution in [0.3, 0.4) is 0 Å². The first-order chi connectivity index (χ1) is 7.84. The van der Waals surface area contributed by atoms with Crippen LogP contribution in [0.4, 0.5) is 0 Å². The highest BCUT2D eigenvalue weighted by molar-refractivity contribution is 5.14. The van der Waals surface area contributed by atoms with Gasteiger partial charge in [-0.05, 0) is 13.0 Å². The second-order valence-electron chi connectivity index (χ2n) is 3.92. The minimum absolute atomic E-state index is 0.691. The zero-order chi connectivity index (χ0) is 11.2. The van der Waals surface area contributed by atoms with E-state index < -0.39 is 0 Å². The molecule has 1 fully saturated rings. The van der Waals surface area contributed by atoms with E-state index in [4.69, 9.17) is 9.47 Å². The lowest BCUT2D eigenvalue weighted by Gasteiger charge is -2.26. The van der Waals surface area contributed by atoms with Gasteiger partial charge in [0.15, 0.2) is 0 Å². The van der Waals surface area contributed by atoms with Crippen LogP contribution in [0.5, 0.6) is 5.88 Å². The Labute approximate surface area is 96.2 Å². The van der Waals surface area contributed by atoms with Crippen LogP contribution in [0, 0.1) is 6.92 Å². The van der Waals surface area contributed by atoms with Gasteiger partial charge in [0.25, 0.3) is 0 Å². The van der Waals surface area contributed by atoms with Gasteiger partial charge in [-0.1, -0.05) is 6.07 Å². The van der Waals surface area contributed by atoms with Gasteiger partial charge in [-0.15, -0.1) is 0 Å². The summed E-state index contributed by atoms with van der Waals surface area (Å²) in [6, 6.07) is 5.83. The third-order valence-electron chi connectivity index (χ3n) is 2.62. The van der Waals surface area contributed by atoms with Gasteiger partial charge < -0.3 is 9.47 Å². The van der Waals surface area contributed by atoms with Crippen LogP contribution in [0.25, 0.3) is 0 Å². The fourth-order valence-electron chi connectivity index (χ4n) is 1.70. The van der Waals surface area contributed by atoms with E-state index in [9.17, 15) is 0 Å². The molecular formula is C12H18N2O2. The van der Waals surface area contributed by atoms with E-state index in [1.807, 2.05) is 25.1 Å². The van der Waals surface area contributed by atoms with Crippen molar-refractivity contribution in [2.75, 3.05) is 39.5 Å². The van der Waals surface area contributed by atoms with E-state index in [-0.39, 0.29) is 0 Å². The monoisotopic (exact) mass is 222 g/mol. The summed E-state index contributed by atoms with van der Waals surface area (Å²) in [5.74, 6) is 0.716. The van der Waals surface area contributed by atoms with Crippen molar-refractivity contribution in [1.82, 2.24) is 9.88 Å². The maximum Gasteiger partial charge on any atom is 0.213 e. The fraction of sp³-hybridized carbons (Fsp3) is 0.583. The molecular weight excluding hydrogens is 204 g/mol. The van der Waals surface area contributed by atoms with E-state index in [1.165, 1.54) is 0 Å². The third-order valence-corrected chi connectivity index (χ3v) is 2.62. The summed E-state index contributed by atoms with van der Waals surface area (Å²) in [6.07, 6.45) is 0. The van der Waals surface area contributed by atoms with Crippen LogP contribution in [-0.4, -0.2) is 49.3 Å². The summed E-state index contributed by atoms with van der Waals surface area (Å²) in [5.41, 5.74) is 0.990. The largest absolute Gasteiger partial charge is 0.476 e. The van der Waals surface area contributed by atoms with Crippen LogP contribution >= 0.6 is 0 Å². The summed E-state index contributed by atoms with van der Waals surface area (Å²) >= 11 is 0. The van der Waals surface area contributed by atoms with Crippen molar-refractivity contribution in [2.45, 2.75) is 6.92 Å². The second kappa shape index (κ2) is 5.82. The topological polar surface area (TPSA) is 34.6 Å². The average molecular weight is 222 g/mol. The normalized spacial score (nSPS) is 17.3. The van der Waals surface area contributed by atoms with Crippen molar-refractivity contribution in [1.29, 1.82) is 0 Å². The van der Waals surface area contributed by atoms with Crippen LogP contribution < -0.4 is 4.74 Å². The number of pyridine rings is 1. The zero-order valence-electron chi connectivity index (χ0n) is 9.69. The van der Waals surface area contributed by atoms with Gasteiger partial charge >= 0.3 is 0 Å². The number of hydrogen-bond donors (Lipinski definition) is 0. The fourth-order valence-corrected chi connectivity index (χ4v) is 1.70. The summed E-state index contributed by atoms with van der Waals surface area (Å²) in [6.45, 7) is 7.28. The molecule has 0 radical (unpaired) electrons. The first-order valence-corrected chi connectivity index (χ1v) is 5.71. The number of aryl methyl sites for hydroxylation is 1. The number of ether oxygens (including phenoxy) is 2. The Balaban J connectivity index is 1.71. The molecule has 0 aliphatic carbocycles. The molecule has 0 saturated carbocycles. The first-order valence-electron chi connectivity index (χ1n) is 5.71. The summed E-state index contributed by atoms with van der Waals surface area (Å²) in [5, 5.41) is 0. The lowest BCUT2D eigenvalue weighted by Crippen LogP contribution is -2.38. The van der Waals surface area contributed by atoms with Gasteiger partial charge in [0.2, 0.25) is 5.88 Å². The van der Waals surface area contributed by atoms with Crippen LogP contribution in [0.15, 0.2) is 18.2 Å². The summed E-state index contributed by atoms with van der Waals surface area (Å²) < 4.78 is 10.9. The van der Waals surface area contributed by atoms with E-state index in [1.54, 1.807) is 0 Å². The molecule has 0 atom stereocenters. The van der Waals surface area contributed by atoms with Gasteiger partial charge in [-0.2, -0.15) is 0 Å². The van der Waals surface area contributed by atoms with Crippen molar-refractivity contribution in [3.05, 3.63) is 23.9 Å². The predicted octanol–water partition coefficient (Wildman–Crippen LogP) is 1.10. The van der Waals surface area contributed by atoms with Gasteiger partial charge in [0, 0.05) is 31.4 Å². The highest BCUT2D eigenvalue weighted by Crippen LogP contribution is 2.06. The number of rotatable bonds is 4. The Morgan fingerprint density at radius 2 is 2.19 bits per heavy atom. The van der Waals surface area contributed by atoms with Crippen molar-refractivity contribution >= 4 is 0 Å². The lowest BCUT2D eigenvalue weighted by molar-refractivity contribution is 0.0320. The Hall–Kier alpha value is -1.13. The Bertz CT molecular complexity index is 325. The maximum atomic E-state index is 5.60. The Morgan fingerprint density at radius 1 is 1.38 bits per heavy atom. The van der Waals surface area contributed by atoms with Crippen molar-refractivity contribution in [2.24, 2.45) is 0 Å². The molecule has 0 bridgehead atoms. The molecule has 1 aliphatic rings. The van der Waals surface area contributed by atoms with Gasteiger partial charge in [0.1, 0.15) is 6.61 Å². The zero-order valence-corrected chi connectivity index (χ0v) is 9.69. The molecule has 0 unspecified atom stereocenters. The molecule has 2 heterocycles. The number of aromatic nitrogens is 1. The SMILES string of the molecule is Cc1cccc(OCCN2CCOCC2)n1.